The fourth-order valence-corrected chi connectivity index (χ4v) is 3.03. The van der Waals surface area contributed by atoms with Gasteiger partial charge in [-0.3, -0.25) is 4.79 Å². The van der Waals surface area contributed by atoms with Gasteiger partial charge in [0.1, 0.15) is 0 Å². The highest BCUT2D eigenvalue weighted by atomic mass is 32.2. The van der Waals surface area contributed by atoms with Gasteiger partial charge in [0.2, 0.25) is 5.91 Å². The SMILES string of the molecule is Cc1ccc(SCCC(=O)N(C)C(C)C2CC2)cc1. The molecule has 0 N–H and O–H groups in total. The fraction of sp³-hybridized carbons (Fsp3) is 0.562. The summed E-state index contributed by atoms with van der Waals surface area (Å²) >= 11 is 1.76. The molecule has 1 atom stereocenters. The van der Waals surface area contributed by atoms with Gasteiger partial charge in [-0.05, 0) is 44.7 Å². The minimum Gasteiger partial charge on any atom is -0.343 e. The summed E-state index contributed by atoms with van der Waals surface area (Å²) in [7, 11) is 1.95. The van der Waals surface area contributed by atoms with Crippen LogP contribution in [0.5, 0.6) is 0 Å². The molecule has 0 spiro atoms. The van der Waals surface area contributed by atoms with Crippen LogP contribution < -0.4 is 0 Å². The minimum atomic E-state index is 0.277. The number of thioether (sulfide) groups is 1. The second kappa shape index (κ2) is 6.47. The molecule has 1 saturated carbocycles. The van der Waals surface area contributed by atoms with Gasteiger partial charge in [0.25, 0.3) is 0 Å². The van der Waals surface area contributed by atoms with Gasteiger partial charge in [-0.25, -0.2) is 0 Å². The van der Waals surface area contributed by atoms with Crippen molar-refractivity contribution in [3.8, 4) is 0 Å². The van der Waals surface area contributed by atoms with E-state index < -0.39 is 0 Å². The van der Waals surface area contributed by atoms with Crippen LogP contribution in [0.1, 0.15) is 31.7 Å². The van der Waals surface area contributed by atoms with E-state index in [0.29, 0.717) is 12.5 Å². The van der Waals surface area contributed by atoms with Crippen LogP contribution in [-0.4, -0.2) is 29.6 Å². The Bertz CT molecular complexity index is 425. The molecule has 3 heteroatoms. The molecule has 0 bridgehead atoms. The summed E-state index contributed by atoms with van der Waals surface area (Å²) in [5.41, 5.74) is 1.28. The van der Waals surface area contributed by atoms with Crippen LogP contribution in [0.15, 0.2) is 29.2 Å². The van der Waals surface area contributed by atoms with Crippen molar-refractivity contribution in [2.24, 2.45) is 5.92 Å². The lowest BCUT2D eigenvalue weighted by Gasteiger charge is -2.24. The molecule has 0 radical (unpaired) electrons. The van der Waals surface area contributed by atoms with Crippen molar-refractivity contribution in [3.63, 3.8) is 0 Å². The maximum atomic E-state index is 12.1. The molecule has 19 heavy (non-hydrogen) atoms. The number of benzene rings is 1. The van der Waals surface area contributed by atoms with Crippen molar-refractivity contribution in [1.29, 1.82) is 0 Å². The molecule has 2 nitrogen and oxygen atoms in total. The molecule has 1 aromatic carbocycles. The Labute approximate surface area is 120 Å². The minimum absolute atomic E-state index is 0.277. The highest BCUT2D eigenvalue weighted by Crippen LogP contribution is 2.34. The van der Waals surface area contributed by atoms with E-state index in [1.54, 1.807) is 11.8 Å². The van der Waals surface area contributed by atoms with Crippen molar-refractivity contribution >= 4 is 17.7 Å². The van der Waals surface area contributed by atoms with Gasteiger partial charge in [0.15, 0.2) is 0 Å². The Kier molecular flexibility index (Phi) is 4.92. The summed E-state index contributed by atoms with van der Waals surface area (Å²) in [6, 6.07) is 8.90. The molecule has 1 aliphatic carbocycles. The largest absolute Gasteiger partial charge is 0.343 e. The molecule has 0 aliphatic heterocycles. The second-order valence-electron chi connectivity index (χ2n) is 5.49. The van der Waals surface area contributed by atoms with Crippen LogP contribution in [0.3, 0.4) is 0 Å². The maximum Gasteiger partial charge on any atom is 0.223 e. The second-order valence-corrected chi connectivity index (χ2v) is 6.66. The standard InChI is InChI=1S/C16H23NOS/c1-12-4-8-15(9-5-12)19-11-10-16(18)17(3)13(2)14-6-7-14/h4-5,8-9,13-14H,6-7,10-11H2,1-3H3. The quantitative estimate of drug-likeness (QED) is 0.738. The summed E-state index contributed by atoms with van der Waals surface area (Å²) in [6.07, 6.45) is 3.21. The van der Waals surface area contributed by atoms with E-state index in [0.717, 1.165) is 11.7 Å². The predicted octanol–water partition coefficient (Wildman–Crippen LogP) is 3.73. The van der Waals surface area contributed by atoms with Crippen LogP contribution >= 0.6 is 11.8 Å². The predicted molar refractivity (Wildman–Crippen MR) is 81.5 cm³/mol. The zero-order valence-electron chi connectivity index (χ0n) is 12.1. The smallest absolute Gasteiger partial charge is 0.223 e. The Hall–Kier alpha value is -0.960. The summed E-state index contributed by atoms with van der Waals surface area (Å²) in [4.78, 5) is 15.3. The Balaban J connectivity index is 1.72. The average Bonchev–Trinajstić information content (AvgIpc) is 3.23. The number of carbonyl (C=O) groups excluding carboxylic acids is 1. The molecule has 1 unspecified atom stereocenters. The van der Waals surface area contributed by atoms with Gasteiger partial charge in [-0.2, -0.15) is 0 Å². The first-order valence-electron chi connectivity index (χ1n) is 7.03. The van der Waals surface area contributed by atoms with E-state index in [-0.39, 0.29) is 5.91 Å². The number of amides is 1. The lowest BCUT2D eigenvalue weighted by Crippen LogP contribution is -2.36. The molecular formula is C16H23NOS. The van der Waals surface area contributed by atoms with E-state index in [2.05, 4.69) is 38.1 Å². The number of aryl methyl sites for hydroxylation is 1. The van der Waals surface area contributed by atoms with Crippen LogP contribution in [0.2, 0.25) is 0 Å². The average molecular weight is 277 g/mol. The van der Waals surface area contributed by atoms with E-state index in [1.807, 2.05) is 11.9 Å². The number of nitrogens with zero attached hydrogens (tertiary/aromatic N) is 1. The first kappa shape index (κ1) is 14.4. The number of carbonyl (C=O) groups is 1. The molecule has 0 saturated heterocycles. The zero-order valence-corrected chi connectivity index (χ0v) is 12.9. The highest BCUT2D eigenvalue weighted by Gasteiger charge is 2.32. The maximum absolute atomic E-state index is 12.1. The van der Waals surface area contributed by atoms with Gasteiger partial charge in [0.05, 0.1) is 0 Å². The number of hydrogen-bond acceptors (Lipinski definition) is 2. The number of rotatable bonds is 6. The van der Waals surface area contributed by atoms with Crippen molar-refractivity contribution in [2.75, 3.05) is 12.8 Å². The van der Waals surface area contributed by atoms with Crippen molar-refractivity contribution in [1.82, 2.24) is 4.90 Å². The van der Waals surface area contributed by atoms with Gasteiger partial charge in [0, 0.05) is 30.2 Å². The topological polar surface area (TPSA) is 20.3 Å². The normalized spacial score (nSPS) is 16.2. The van der Waals surface area contributed by atoms with E-state index in [9.17, 15) is 4.79 Å². The molecule has 1 amide bonds. The van der Waals surface area contributed by atoms with Gasteiger partial charge in [-0.1, -0.05) is 17.7 Å². The third kappa shape index (κ3) is 4.27. The molecule has 0 aromatic heterocycles. The van der Waals surface area contributed by atoms with Crippen molar-refractivity contribution in [3.05, 3.63) is 29.8 Å². The highest BCUT2D eigenvalue weighted by molar-refractivity contribution is 7.99. The Morgan fingerprint density at radius 3 is 2.58 bits per heavy atom. The van der Waals surface area contributed by atoms with E-state index in [1.165, 1.54) is 23.3 Å². The molecule has 0 heterocycles. The molecule has 1 aliphatic rings. The van der Waals surface area contributed by atoms with E-state index >= 15 is 0 Å². The van der Waals surface area contributed by atoms with E-state index in [4.69, 9.17) is 0 Å². The Morgan fingerprint density at radius 1 is 1.37 bits per heavy atom. The summed E-state index contributed by atoms with van der Waals surface area (Å²) in [5, 5.41) is 0. The summed E-state index contributed by atoms with van der Waals surface area (Å²) < 4.78 is 0. The van der Waals surface area contributed by atoms with Crippen molar-refractivity contribution < 1.29 is 4.79 Å². The lowest BCUT2D eigenvalue weighted by atomic mass is 10.2. The molecular weight excluding hydrogens is 254 g/mol. The fourth-order valence-electron chi connectivity index (χ4n) is 2.19. The summed E-state index contributed by atoms with van der Waals surface area (Å²) in [5.74, 6) is 1.89. The first-order chi connectivity index (χ1) is 9.08. The monoisotopic (exact) mass is 277 g/mol. The molecule has 2 rings (SSSR count). The third-order valence-corrected chi connectivity index (χ3v) is 4.93. The molecule has 104 valence electrons. The van der Waals surface area contributed by atoms with Crippen LogP contribution in [0.4, 0.5) is 0 Å². The zero-order chi connectivity index (χ0) is 13.8. The first-order valence-corrected chi connectivity index (χ1v) is 8.01. The van der Waals surface area contributed by atoms with Crippen LogP contribution in [-0.2, 0) is 4.79 Å². The van der Waals surface area contributed by atoms with Crippen LogP contribution in [0.25, 0.3) is 0 Å². The van der Waals surface area contributed by atoms with Gasteiger partial charge in [-0.15, -0.1) is 11.8 Å². The van der Waals surface area contributed by atoms with Crippen LogP contribution in [0, 0.1) is 12.8 Å². The third-order valence-electron chi connectivity index (χ3n) is 3.91. The molecule has 1 fully saturated rings. The molecule has 1 aromatic rings. The summed E-state index contributed by atoms with van der Waals surface area (Å²) in [6.45, 7) is 4.26. The van der Waals surface area contributed by atoms with Crippen molar-refractivity contribution in [2.45, 2.75) is 44.0 Å². The van der Waals surface area contributed by atoms with Gasteiger partial charge < -0.3 is 4.90 Å². The Morgan fingerprint density at radius 2 is 2.00 bits per heavy atom. The van der Waals surface area contributed by atoms with Gasteiger partial charge >= 0.3 is 0 Å². The lowest BCUT2D eigenvalue weighted by molar-refractivity contribution is -0.131. The number of hydrogen-bond donors (Lipinski definition) is 0.